The van der Waals surface area contributed by atoms with Gasteiger partial charge in [0.05, 0.1) is 24.2 Å². The van der Waals surface area contributed by atoms with Crippen LogP contribution in [-0.2, 0) is 19.4 Å². The van der Waals surface area contributed by atoms with Crippen molar-refractivity contribution >= 4 is 38.4 Å². The molecule has 0 aliphatic carbocycles. The number of thioether (sulfide) groups is 1. The molecule has 2 fully saturated rings. The van der Waals surface area contributed by atoms with E-state index in [-0.39, 0.29) is 35.3 Å². The number of amides is 1. The molecule has 0 bridgehead atoms. The van der Waals surface area contributed by atoms with Gasteiger partial charge in [0.25, 0.3) is 5.91 Å². The van der Waals surface area contributed by atoms with Gasteiger partial charge in [0.1, 0.15) is 12.4 Å². The molecular formula is C16H20N2O5S2. The summed E-state index contributed by atoms with van der Waals surface area (Å²) in [7, 11) is -1.64. The zero-order valence-electron chi connectivity index (χ0n) is 14.0. The second-order valence-electron chi connectivity index (χ2n) is 5.82. The molecule has 0 N–H and O–H groups in total. The van der Waals surface area contributed by atoms with E-state index < -0.39 is 9.84 Å². The number of rotatable bonds is 5. The summed E-state index contributed by atoms with van der Waals surface area (Å²) in [5.74, 6) is 0.523. The number of fused-ring (bicyclic) bond motifs is 1. The molecule has 0 spiro atoms. The van der Waals surface area contributed by atoms with Crippen molar-refractivity contribution in [2.24, 2.45) is 4.99 Å². The van der Waals surface area contributed by atoms with E-state index in [4.69, 9.17) is 9.47 Å². The maximum atomic E-state index is 12.0. The molecule has 0 aromatic heterocycles. The summed E-state index contributed by atoms with van der Waals surface area (Å²) < 4.78 is 34.3. The molecule has 1 aromatic rings. The Balaban J connectivity index is 1.93. The summed E-state index contributed by atoms with van der Waals surface area (Å²) in [5.41, 5.74) is 0.796. The van der Waals surface area contributed by atoms with Gasteiger partial charge in [-0.25, -0.2) is 8.42 Å². The fourth-order valence-electron chi connectivity index (χ4n) is 3.00. The van der Waals surface area contributed by atoms with Crippen LogP contribution in [0.3, 0.4) is 0 Å². The minimum atomic E-state index is -3.08. The van der Waals surface area contributed by atoms with E-state index >= 15 is 0 Å². The Morgan fingerprint density at radius 2 is 2.04 bits per heavy atom. The summed E-state index contributed by atoms with van der Waals surface area (Å²) in [4.78, 5) is 17.8. The lowest BCUT2D eigenvalue weighted by atomic mass is 10.2. The van der Waals surface area contributed by atoms with Crippen molar-refractivity contribution in [2.45, 2.75) is 18.2 Å². The fraction of sp³-hybridized carbons (Fsp3) is 0.500. The summed E-state index contributed by atoms with van der Waals surface area (Å²) in [6.45, 7) is 2.38. The first-order chi connectivity index (χ1) is 11.9. The quantitative estimate of drug-likeness (QED) is 0.757. The number of carbonyl (C=O) groups is 1. The average molecular weight is 384 g/mol. The number of hydrogen-bond donors (Lipinski definition) is 0. The highest BCUT2D eigenvalue weighted by atomic mass is 32.2. The van der Waals surface area contributed by atoms with Crippen LogP contribution in [0, 0.1) is 0 Å². The van der Waals surface area contributed by atoms with Gasteiger partial charge in [-0.15, -0.1) is 0 Å². The number of nitrogens with zero attached hydrogens (tertiary/aromatic N) is 2. The molecule has 0 saturated carbocycles. The number of aliphatic imine (C=N–C) groups is 1. The Kier molecular flexibility index (Phi) is 5.35. The monoisotopic (exact) mass is 384 g/mol. The number of benzene rings is 1. The molecule has 7 nitrogen and oxygen atoms in total. The lowest BCUT2D eigenvalue weighted by Crippen LogP contribution is -2.37. The zero-order valence-corrected chi connectivity index (χ0v) is 15.7. The third kappa shape index (κ3) is 3.99. The minimum Gasteiger partial charge on any atom is -0.494 e. The maximum Gasteiger partial charge on any atom is 0.274 e. The van der Waals surface area contributed by atoms with Crippen LogP contribution in [0.2, 0.25) is 0 Å². The van der Waals surface area contributed by atoms with E-state index in [1.165, 1.54) is 18.9 Å². The minimum absolute atomic E-state index is 0.0648. The standard InChI is InChI=1S/C16H20N2O5S2/c1-3-23-12-6-4-11(5-7-12)18-13-9-25(20,21)10-14(13)24-16(18)17-15(19)8-22-2/h4-7,13-14H,3,8-10H2,1-2H3/t13-,14-/m1/s1. The van der Waals surface area contributed by atoms with E-state index in [9.17, 15) is 13.2 Å². The van der Waals surface area contributed by atoms with Crippen LogP contribution >= 0.6 is 11.8 Å². The predicted molar refractivity (Wildman–Crippen MR) is 98.2 cm³/mol. The van der Waals surface area contributed by atoms with Crippen molar-refractivity contribution in [1.29, 1.82) is 0 Å². The van der Waals surface area contributed by atoms with E-state index in [1.807, 2.05) is 36.1 Å². The molecule has 9 heteroatoms. The fourth-order valence-corrected chi connectivity index (χ4v) is 6.93. The van der Waals surface area contributed by atoms with Gasteiger partial charge in [0, 0.05) is 18.0 Å². The first-order valence-electron chi connectivity index (χ1n) is 7.93. The van der Waals surface area contributed by atoms with Crippen LogP contribution in [-0.4, -0.2) is 62.6 Å². The predicted octanol–water partition coefficient (Wildman–Crippen LogP) is 1.33. The molecule has 136 valence electrons. The molecule has 1 aromatic carbocycles. The molecule has 3 rings (SSSR count). The SMILES string of the molecule is CCOc1ccc(N2C(=NC(=O)COC)S[C@@H]3CS(=O)(=O)C[C@H]32)cc1. The lowest BCUT2D eigenvalue weighted by Gasteiger charge is -2.24. The lowest BCUT2D eigenvalue weighted by molar-refractivity contribution is -0.121. The number of carbonyl (C=O) groups excluding carboxylic acids is 1. The summed E-state index contributed by atoms with van der Waals surface area (Å²) >= 11 is 1.34. The summed E-state index contributed by atoms with van der Waals surface area (Å²) in [6.07, 6.45) is 0. The highest BCUT2D eigenvalue weighted by molar-refractivity contribution is 8.16. The van der Waals surface area contributed by atoms with Gasteiger partial charge in [-0.3, -0.25) is 4.79 Å². The van der Waals surface area contributed by atoms with Crippen molar-refractivity contribution in [3.8, 4) is 5.75 Å². The van der Waals surface area contributed by atoms with Crippen molar-refractivity contribution in [2.75, 3.05) is 36.7 Å². The molecule has 2 saturated heterocycles. The second-order valence-corrected chi connectivity index (χ2v) is 9.18. The molecule has 2 aliphatic rings. The second kappa shape index (κ2) is 7.35. The van der Waals surface area contributed by atoms with Crippen LogP contribution in [0.15, 0.2) is 29.3 Å². The van der Waals surface area contributed by atoms with Gasteiger partial charge >= 0.3 is 0 Å². The van der Waals surface area contributed by atoms with Crippen LogP contribution in [0.5, 0.6) is 5.75 Å². The Bertz CT molecular complexity index is 776. The van der Waals surface area contributed by atoms with Crippen LogP contribution in [0.25, 0.3) is 0 Å². The topological polar surface area (TPSA) is 85.3 Å². The van der Waals surface area contributed by atoms with Gasteiger partial charge in [-0.05, 0) is 31.2 Å². The Labute approximate surface area is 151 Å². The van der Waals surface area contributed by atoms with Crippen molar-refractivity contribution in [3.05, 3.63) is 24.3 Å². The van der Waals surface area contributed by atoms with E-state index in [1.54, 1.807) is 0 Å². The van der Waals surface area contributed by atoms with Gasteiger partial charge in [0.15, 0.2) is 15.0 Å². The maximum absolute atomic E-state index is 12.0. The van der Waals surface area contributed by atoms with Crippen LogP contribution < -0.4 is 9.64 Å². The Morgan fingerprint density at radius 1 is 1.32 bits per heavy atom. The normalized spacial score (nSPS) is 26.0. The van der Waals surface area contributed by atoms with Crippen LogP contribution in [0.4, 0.5) is 5.69 Å². The van der Waals surface area contributed by atoms with E-state index in [0.29, 0.717) is 11.8 Å². The van der Waals surface area contributed by atoms with Gasteiger partial charge < -0.3 is 14.4 Å². The molecule has 0 unspecified atom stereocenters. The average Bonchev–Trinajstić information content (AvgIpc) is 3.00. The summed E-state index contributed by atoms with van der Waals surface area (Å²) in [6, 6.07) is 7.15. The smallest absolute Gasteiger partial charge is 0.274 e. The van der Waals surface area contributed by atoms with Crippen molar-refractivity contribution in [1.82, 2.24) is 0 Å². The molecule has 2 heterocycles. The number of ether oxygens (including phenoxy) is 2. The zero-order chi connectivity index (χ0) is 18.0. The van der Waals surface area contributed by atoms with Crippen molar-refractivity contribution in [3.63, 3.8) is 0 Å². The summed E-state index contributed by atoms with van der Waals surface area (Å²) in [5, 5.41) is 0.404. The van der Waals surface area contributed by atoms with Gasteiger partial charge in [0.2, 0.25) is 0 Å². The third-order valence-electron chi connectivity index (χ3n) is 3.98. The van der Waals surface area contributed by atoms with Gasteiger partial charge in [-0.1, -0.05) is 11.8 Å². The number of amidine groups is 1. The number of hydrogen-bond acceptors (Lipinski definition) is 6. The van der Waals surface area contributed by atoms with Crippen LogP contribution in [0.1, 0.15) is 6.92 Å². The van der Waals surface area contributed by atoms with Gasteiger partial charge in [-0.2, -0.15) is 4.99 Å². The van der Waals surface area contributed by atoms with E-state index in [0.717, 1.165) is 11.4 Å². The molecule has 2 atom stereocenters. The molecule has 2 aliphatic heterocycles. The number of sulfone groups is 1. The Morgan fingerprint density at radius 3 is 2.68 bits per heavy atom. The third-order valence-corrected chi connectivity index (χ3v) is 7.19. The first kappa shape index (κ1) is 18.2. The van der Waals surface area contributed by atoms with Crippen molar-refractivity contribution < 1.29 is 22.7 Å². The number of methoxy groups -OCH3 is 1. The molecule has 0 radical (unpaired) electrons. The highest BCUT2D eigenvalue weighted by Crippen LogP contribution is 2.41. The largest absolute Gasteiger partial charge is 0.494 e. The Hall–Kier alpha value is -1.58. The van der Waals surface area contributed by atoms with E-state index in [2.05, 4.69) is 4.99 Å². The number of anilines is 1. The molecular weight excluding hydrogens is 364 g/mol. The first-order valence-corrected chi connectivity index (χ1v) is 10.6. The molecule has 25 heavy (non-hydrogen) atoms. The molecule has 1 amide bonds. The highest BCUT2D eigenvalue weighted by Gasteiger charge is 2.49.